The van der Waals surface area contributed by atoms with E-state index in [0.717, 1.165) is 17.5 Å². The lowest BCUT2D eigenvalue weighted by molar-refractivity contribution is 0.319. The van der Waals surface area contributed by atoms with Gasteiger partial charge in [-0.05, 0) is 29.3 Å². The van der Waals surface area contributed by atoms with Gasteiger partial charge in [0.2, 0.25) is 0 Å². The molecule has 0 aliphatic heterocycles. The lowest BCUT2D eigenvalue weighted by Crippen LogP contribution is -2.21. The summed E-state index contributed by atoms with van der Waals surface area (Å²) in [6.07, 6.45) is 4.31. The van der Waals surface area contributed by atoms with Crippen molar-refractivity contribution in [3.8, 4) is 5.75 Å². The van der Waals surface area contributed by atoms with Crippen LogP contribution in [0.1, 0.15) is 25.0 Å². The van der Waals surface area contributed by atoms with Crippen LogP contribution < -0.4 is 10.1 Å². The van der Waals surface area contributed by atoms with Crippen molar-refractivity contribution in [1.82, 2.24) is 10.3 Å². The summed E-state index contributed by atoms with van der Waals surface area (Å²) in [5.41, 5.74) is 2.00. The number of hydrogen-bond acceptors (Lipinski definition) is 3. The zero-order chi connectivity index (χ0) is 15.1. The van der Waals surface area contributed by atoms with Gasteiger partial charge in [-0.15, -0.1) is 0 Å². The van der Waals surface area contributed by atoms with Crippen molar-refractivity contribution in [1.29, 1.82) is 0 Å². The van der Waals surface area contributed by atoms with Crippen LogP contribution in [0.3, 0.4) is 0 Å². The molecule has 0 atom stereocenters. The van der Waals surface area contributed by atoms with Crippen molar-refractivity contribution in [2.75, 3.05) is 6.61 Å². The standard InChI is InChI=1S/C17H21FN2O/c1-13(2)20-12-15-8-16(18)10-17(9-15)21-7-5-14-4-3-6-19-11-14/h3-4,6,8-11,13,20H,5,7,12H2,1-2H3. The molecule has 0 aliphatic rings. The van der Waals surface area contributed by atoms with E-state index >= 15 is 0 Å². The number of ether oxygens (including phenoxy) is 1. The van der Waals surface area contributed by atoms with Crippen molar-refractivity contribution in [3.05, 3.63) is 59.7 Å². The maximum Gasteiger partial charge on any atom is 0.127 e. The minimum absolute atomic E-state index is 0.269. The number of nitrogens with one attached hydrogen (secondary N) is 1. The number of rotatable bonds is 7. The summed E-state index contributed by atoms with van der Waals surface area (Å²) in [7, 11) is 0. The van der Waals surface area contributed by atoms with E-state index in [9.17, 15) is 4.39 Å². The molecule has 4 heteroatoms. The lowest BCUT2D eigenvalue weighted by Gasteiger charge is -2.11. The quantitative estimate of drug-likeness (QED) is 0.848. The van der Waals surface area contributed by atoms with Crippen LogP contribution in [0.2, 0.25) is 0 Å². The average molecular weight is 288 g/mol. The predicted molar refractivity (Wildman–Crippen MR) is 81.8 cm³/mol. The summed E-state index contributed by atoms with van der Waals surface area (Å²) in [6, 6.07) is 9.09. The summed E-state index contributed by atoms with van der Waals surface area (Å²) >= 11 is 0. The Morgan fingerprint density at radius 2 is 2.10 bits per heavy atom. The van der Waals surface area contributed by atoms with Crippen LogP contribution in [0, 0.1) is 5.82 Å². The molecule has 0 aliphatic carbocycles. The second kappa shape index (κ2) is 7.74. The Morgan fingerprint density at radius 3 is 2.81 bits per heavy atom. The van der Waals surface area contributed by atoms with E-state index in [1.807, 2.05) is 24.4 Å². The largest absolute Gasteiger partial charge is 0.493 e. The molecule has 1 aromatic heterocycles. The molecule has 21 heavy (non-hydrogen) atoms. The van der Waals surface area contributed by atoms with E-state index in [0.29, 0.717) is 24.9 Å². The Hall–Kier alpha value is -1.94. The molecule has 0 saturated heterocycles. The molecule has 2 rings (SSSR count). The van der Waals surface area contributed by atoms with Gasteiger partial charge in [-0.3, -0.25) is 4.98 Å². The third-order valence-electron chi connectivity index (χ3n) is 3.03. The maximum atomic E-state index is 13.6. The monoisotopic (exact) mass is 288 g/mol. The Labute approximate surface area is 125 Å². The number of benzene rings is 1. The highest BCUT2D eigenvalue weighted by molar-refractivity contribution is 5.29. The van der Waals surface area contributed by atoms with Crippen molar-refractivity contribution in [2.24, 2.45) is 0 Å². The van der Waals surface area contributed by atoms with Crippen molar-refractivity contribution in [3.63, 3.8) is 0 Å². The summed E-state index contributed by atoms with van der Waals surface area (Å²) in [6.45, 7) is 5.26. The van der Waals surface area contributed by atoms with Crippen LogP contribution in [0.5, 0.6) is 5.75 Å². The third kappa shape index (κ3) is 5.52. The summed E-state index contributed by atoms with van der Waals surface area (Å²) in [4.78, 5) is 4.06. The van der Waals surface area contributed by atoms with E-state index < -0.39 is 0 Å². The molecule has 0 unspecified atom stereocenters. The molecular weight excluding hydrogens is 267 g/mol. The highest BCUT2D eigenvalue weighted by Crippen LogP contribution is 2.17. The van der Waals surface area contributed by atoms with Crippen LogP contribution in [0.15, 0.2) is 42.7 Å². The molecular formula is C17H21FN2O. The van der Waals surface area contributed by atoms with Gasteiger partial charge in [-0.2, -0.15) is 0 Å². The normalized spacial score (nSPS) is 10.9. The molecule has 1 aromatic carbocycles. The Balaban J connectivity index is 1.90. The first-order valence-corrected chi connectivity index (χ1v) is 7.18. The molecule has 1 N–H and O–H groups in total. The van der Waals surface area contributed by atoms with Crippen LogP contribution in [0.25, 0.3) is 0 Å². The minimum atomic E-state index is -0.269. The smallest absolute Gasteiger partial charge is 0.127 e. The first-order valence-electron chi connectivity index (χ1n) is 7.18. The van der Waals surface area contributed by atoms with Crippen molar-refractivity contribution < 1.29 is 9.13 Å². The van der Waals surface area contributed by atoms with Gasteiger partial charge in [0, 0.05) is 37.5 Å². The number of nitrogens with zero attached hydrogens (tertiary/aromatic N) is 1. The van der Waals surface area contributed by atoms with E-state index in [1.165, 1.54) is 12.1 Å². The number of halogens is 1. The summed E-state index contributed by atoms with van der Waals surface area (Å²) in [5, 5.41) is 3.27. The molecule has 2 aromatic rings. The topological polar surface area (TPSA) is 34.1 Å². The molecule has 3 nitrogen and oxygen atoms in total. The lowest BCUT2D eigenvalue weighted by atomic mass is 10.2. The van der Waals surface area contributed by atoms with Gasteiger partial charge < -0.3 is 10.1 Å². The van der Waals surface area contributed by atoms with Crippen LogP contribution >= 0.6 is 0 Å². The van der Waals surface area contributed by atoms with Gasteiger partial charge in [0.05, 0.1) is 6.61 Å². The molecule has 0 radical (unpaired) electrons. The van der Waals surface area contributed by atoms with Gasteiger partial charge in [-0.25, -0.2) is 4.39 Å². The van der Waals surface area contributed by atoms with Crippen molar-refractivity contribution >= 4 is 0 Å². The van der Waals surface area contributed by atoms with Gasteiger partial charge in [0.1, 0.15) is 11.6 Å². The molecule has 0 spiro atoms. The number of aromatic nitrogens is 1. The van der Waals surface area contributed by atoms with Gasteiger partial charge in [-0.1, -0.05) is 19.9 Å². The minimum Gasteiger partial charge on any atom is -0.493 e. The van der Waals surface area contributed by atoms with E-state index in [1.54, 1.807) is 6.20 Å². The van der Waals surface area contributed by atoms with Crippen LogP contribution in [-0.4, -0.2) is 17.6 Å². The van der Waals surface area contributed by atoms with E-state index in [4.69, 9.17) is 4.74 Å². The van der Waals surface area contributed by atoms with E-state index in [-0.39, 0.29) is 5.82 Å². The highest BCUT2D eigenvalue weighted by Gasteiger charge is 2.03. The summed E-state index contributed by atoms with van der Waals surface area (Å²) in [5.74, 6) is 0.300. The number of pyridine rings is 1. The van der Waals surface area contributed by atoms with Crippen molar-refractivity contribution in [2.45, 2.75) is 32.9 Å². The fourth-order valence-electron chi connectivity index (χ4n) is 1.96. The maximum absolute atomic E-state index is 13.6. The number of hydrogen-bond donors (Lipinski definition) is 1. The zero-order valence-corrected chi connectivity index (χ0v) is 12.5. The van der Waals surface area contributed by atoms with Gasteiger partial charge in [0.15, 0.2) is 0 Å². The molecule has 0 fully saturated rings. The van der Waals surface area contributed by atoms with Crippen LogP contribution in [0.4, 0.5) is 4.39 Å². The first-order chi connectivity index (χ1) is 10.1. The second-order valence-corrected chi connectivity index (χ2v) is 5.29. The third-order valence-corrected chi connectivity index (χ3v) is 3.03. The molecule has 1 heterocycles. The summed E-state index contributed by atoms with van der Waals surface area (Å²) < 4.78 is 19.2. The SMILES string of the molecule is CC(C)NCc1cc(F)cc(OCCc2cccnc2)c1. The Morgan fingerprint density at radius 1 is 1.24 bits per heavy atom. The zero-order valence-electron chi connectivity index (χ0n) is 12.5. The molecule has 0 saturated carbocycles. The Bertz CT molecular complexity index is 558. The Kier molecular flexibility index (Phi) is 5.69. The van der Waals surface area contributed by atoms with Gasteiger partial charge in [0.25, 0.3) is 0 Å². The first kappa shape index (κ1) is 15.4. The van der Waals surface area contributed by atoms with Gasteiger partial charge >= 0.3 is 0 Å². The predicted octanol–water partition coefficient (Wildman–Crippen LogP) is 3.34. The van der Waals surface area contributed by atoms with Crippen LogP contribution in [-0.2, 0) is 13.0 Å². The molecule has 0 bridgehead atoms. The average Bonchev–Trinajstić information content (AvgIpc) is 2.46. The fraction of sp³-hybridized carbons (Fsp3) is 0.353. The fourth-order valence-corrected chi connectivity index (χ4v) is 1.96. The highest BCUT2D eigenvalue weighted by atomic mass is 19.1. The van der Waals surface area contributed by atoms with E-state index in [2.05, 4.69) is 24.1 Å². The second-order valence-electron chi connectivity index (χ2n) is 5.29. The molecule has 0 amide bonds. The molecule has 112 valence electrons.